The fraction of sp³-hybridized carbons (Fsp3) is 0.500. The third-order valence-corrected chi connectivity index (χ3v) is 4.34. The van der Waals surface area contributed by atoms with E-state index in [4.69, 9.17) is 4.74 Å². The molecule has 0 saturated carbocycles. The van der Waals surface area contributed by atoms with Crippen molar-refractivity contribution in [2.24, 2.45) is 5.92 Å². The Balaban J connectivity index is 1.95. The molecule has 2 rings (SSSR count). The molecule has 1 amide bonds. The van der Waals surface area contributed by atoms with Gasteiger partial charge >= 0.3 is 0 Å². The molecule has 6 heteroatoms. The Hall–Kier alpha value is -1.69. The van der Waals surface area contributed by atoms with Crippen LogP contribution in [0.25, 0.3) is 11.0 Å². The van der Waals surface area contributed by atoms with Gasteiger partial charge in [0.2, 0.25) is 5.91 Å². The van der Waals surface area contributed by atoms with Gasteiger partial charge in [0.25, 0.3) is 0 Å². The molecule has 5 nitrogen and oxygen atoms in total. The lowest BCUT2D eigenvalue weighted by atomic mass is 10.1. The molecular weight excluding hydrogens is 298 g/mol. The van der Waals surface area contributed by atoms with E-state index in [2.05, 4.69) is 29.1 Å². The lowest BCUT2D eigenvalue weighted by Gasteiger charge is -2.16. The summed E-state index contributed by atoms with van der Waals surface area (Å²) >= 11 is 1.41. The molecule has 1 atom stereocenters. The fourth-order valence-corrected chi connectivity index (χ4v) is 2.58. The second-order valence-electron chi connectivity index (χ2n) is 5.54. The zero-order chi connectivity index (χ0) is 16.1. The number of nitrogens with zero attached hydrogens (tertiary/aromatic N) is 1. The molecule has 120 valence electrons. The van der Waals surface area contributed by atoms with Gasteiger partial charge in [-0.1, -0.05) is 25.6 Å². The molecule has 0 bridgehead atoms. The number of aromatic nitrogens is 2. The summed E-state index contributed by atoms with van der Waals surface area (Å²) in [5.41, 5.74) is 1.80. The first-order chi connectivity index (χ1) is 10.5. The summed E-state index contributed by atoms with van der Waals surface area (Å²) in [7, 11) is 0. The number of carbonyl (C=O) groups excluding carboxylic acids is 1. The van der Waals surface area contributed by atoms with Crippen molar-refractivity contribution in [2.45, 2.75) is 38.9 Å². The number of ether oxygens (including phenoxy) is 1. The van der Waals surface area contributed by atoms with Gasteiger partial charge in [0, 0.05) is 12.1 Å². The normalized spacial score (nSPS) is 12.6. The second-order valence-corrected chi connectivity index (χ2v) is 6.51. The van der Waals surface area contributed by atoms with Gasteiger partial charge in [0.05, 0.1) is 23.4 Å². The maximum absolute atomic E-state index is 11.9. The van der Waals surface area contributed by atoms with E-state index in [9.17, 15) is 4.79 Å². The monoisotopic (exact) mass is 321 g/mol. The zero-order valence-corrected chi connectivity index (χ0v) is 14.3. The average molecular weight is 321 g/mol. The highest BCUT2D eigenvalue weighted by Crippen LogP contribution is 2.23. The lowest BCUT2D eigenvalue weighted by molar-refractivity contribution is -0.119. The van der Waals surface area contributed by atoms with Crippen LogP contribution in [-0.4, -0.2) is 34.3 Å². The van der Waals surface area contributed by atoms with Crippen molar-refractivity contribution in [1.82, 2.24) is 15.3 Å². The number of benzene rings is 1. The van der Waals surface area contributed by atoms with Gasteiger partial charge in [-0.25, -0.2) is 4.98 Å². The van der Waals surface area contributed by atoms with E-state index in [0.29, 0.717) is 18.3 Å². The highest BCUT2D eigenvalue weighted by atomic mass is 32.2. The summed E-state index contributed by atoms with van der Waals surface area (Å²) in [6, 6.07) is 5.93. The highest BCUT2D eigenvalue weighted by molar-refractivity contribution is 7.99. The highest BCUT2D eigenvalue weighted by Gasteiger charge is 2.12. The van der Waals surface area contributed by atoms with E-state index in [1.54, 1.807) is 0 Å². The van der Waals surface area contributed by atoms with E-state index < -0.39 is 0 Å². The van der Waals surface area contributed by atoms with Gasteiger partial charge < -0.3 is 15.0 Å². The number of amides is 1. The van der Waals surface area contributed by atoms with Gasteiger partial charge in [-0.05, 0) is 31.9 Å². The first-order valence-electron chi connectivity index (χ1n) is 7.54. The number of aromatic amines is 1. The molecule has 0 unspecified atom stereocenters. The molecule has 1 heterocycles. The largest absolute Gasteiger partial charge is 0.494 e. The van der Waals surface area contributed by atoms with E-state index >= 15 is 0 Å². The molecule has 0 aliphatic rings. The molecule has 0 spiro atoms. The topological polar surface area (TPSA) is 67.0 Å². The first-order valence-corrected chi connectivity index (χ1v) is 8.53. The van der Waals surface area contributed by atoms with Crippen LogP contribution in [0.1, 0.15) is 27.7 Å². The predicted octanol–water partition coefficient (Wildman–Crippen LogP) is 3.21. The van der Waals surface area contributed by atoms with Crippen LogP contribution >= 0.6 is 11.8 Å². The van der Waals surface area contributed by atoms with Gasteiger partial charge in [0.15, 0.2) is 5.16 Å². The van der Waals surface area contributed by atoms with Crippen molar-refractivity contribution in [3.63, 3.8) is 0 Å². The fourth-order valence-electron chi connectivity index (χ4n) is 1.89. The van der Waals surface area contributed by atoms with Crippen LogP contribution in [0.2, 0.25) is 0 Å². The Morgan fingerprint density at radius 2 is 2.18 bits per heavy atom. The Morgan fingerprint density at radius 3 is 2.86 bits per heavy atom. The summed E-state index contributed by atoms with van der Waals surface area (Å²) in [6.45, 7) is 8.79. The Kier molecular flexibility index (Phi) is 5.71. The quantitative estimate of drug-likeness (QED) is 0.769. The van der Waals surface area contributed by atoms with Crippen LogP contribution in [0.3, 0.4) is 0 Å². The Labute approximate surface area is 135 Å². The van der Waals surface area contributed by atoms with Crippen LogP contribution in [0.4, 0.5) is 0 Å². The van der Waals surface area contributed by atoms with Crippen molar-refractivity contribution < 1.29 is 9.53 Å². The second kappa shape index (κ2) is 7.54. The molecule has 0 aliphatic heterocycles. The third kappa shape index (κ3) is 4.40. The molecule has 0 saturated heterocycles. The lowest BCUT2D eigenvalue weighted by Crippen LogP contribution is -2.37. The van der Waals surface area contributed by atoms with Crippen LogP contribution in [0.15, 0.2) is 23.4 Å². The van der Waals surface area contributed by atoms with Crippen LogP contribution < -0.4 is 10.1 Å². The van der Waals surface area contributed by atoms with Crippen molar-refractivity contribution >= 4 is 28.7 Å². The van der Waals surface area contributed by atoms with Crippen molar-refractivity contribution in [1.29, 1.82) is 0 Å². The smallest absolute Gasteiger partial charge is 0.230 e. The summed E-state index contributed by atoms with van der Waals surface area (Å²) in [5.74, 6) is 1.63. The van der Waals surface area contributed by atoms with Crippen molar-refractivity contribution in [2.75, 3.05) is 12.4 Å². The SMILES string of the molecule is CCOc1ccc2nc(SCC(=O)N[C@H](C)C(C)C)[nH]c2c1. The molecular formula is C16H23N3O2S. The minimum Gasteiger partial charge on any atom is -0.494 e. The van der Waals surface area contributed by atoms with Gasteiger partial charge in [-0.2, -0.15) is 0 Å². The van der Waals surface area contributed by atoms with Gasteiger partial charge in [0.1, 0.15) is 5.75 Å². The molecule has 2 aromatic rings. The maximum atomic E-state index is 11.9. The van der Waals surface area contributed by atoms with Crippen LogP contribution in [0, 0.1) is 5.92 Å². The van der Waals surface area contributed by atoms with E-state index in [-0.39, 0.29) is 11.9 Å². The Bertz CT molecular complexity index is 639. The standard InChI is InChI=1S/C16H23N3O2S/c1-5-21-12-6-7-13-14(8-12)19-16(18-13)22-9-15(20)17-11(4)10(2)3/h6-8,10-11H,5,9H2,1-4H3,(H,17,20)(H,18,19)/t11-/m1/s1. The van der Waals surface area contributed by atoms with Crippen molar-refractivity contribution in [3.05, 3.63) is 18.2 Å². The maximum Gasteiger partial charge on any atom is 0.230 e. The number of thioether (sulfide) groups is 1. The molecule has 0 radical (unpaired) electrons. The molecule has 1 aromatic heterocycles. The minimum atomic E-state index is 0.0293. The number of H-pyrrole nitrogens is 1. The molecule has 0 aliphatic carbocycles. The Morgan fingerprint density at radius 1 is 1.41 bits per heavy atom. The molecule has 22 heavy (non-hydrogen) atoms. The number of carbonyl (C=O) groups is 1. The van der Waals surface area contributed by atoms with E-state index in [1.165, 1.54) is 11.8 Å². The van der Waals surface area contributed by atoms with Gasteiger partial charge in [-0.3, -0.25) is 4.79 Å². The molecule has 0 fully saturated rings. The number of fused-ring (bicyclic) bond motifs is 1. The van der Waals surface area contributed by atoms with Crippen LogP contribution in [-0.2, 0) is 4.79 Å². The zero-order valence-electron chi connectivity index (χ0n) is 13.5. The minimum absolute atomic E-state index is 0.0293. The first kappa shape index (κ1) is 16.7. The predicted molar refractivity (Wildman–Crippen MR) is 90.4 cm³/mol. The number of imidazole rings is 1. The molecule has 2 N–H and O–H groups in total. The average Bonchev–Trinajstić information content (AvgIpc) is 2.87. The van der Waals surface area contributed by atoms with E-state index in [0.717, 1.165) is 21.9 Å². The molecule has 1 aromatic carbocycles. The number of hydrogen-bond acceptors (Lipinski definition) is 4. The number of nitrogens with one attached hydrogen (secondary N) is 2. The number of rotatable bonds is 7. The third-order valence-electron chi connectivity index (χ3n) is 3.47. The van der Waals surface area contributed by atoms with Crippen molar-refractivity contribution in [3.8, 4) is 5.75 Å². The summed E-state index contributed by atoms with van der Waals surface area (Å²) < 4.78 is 5.47. The van der Waals surface area contributed by atoms with E-state index in [1.807, 2.05) is 32.0 Å². The van der Waals surface area contributed by atoms with Crippen LogP contribution in [0.5, 0.6) is 5.75 Å². The number of hydrogen-bond donors (Lipinski definition) is 2. The summed E-state index contributed by atoms with van der Waals surface area (Å²) in [4.78, 5) is 19.6. The van der Waals surface area contributed by atoms with Gasteiger partial charge in [-0.15, -0.1) is 0 Å². The summed E-state index contributed by atoms with van der Waals surface area (Å²) in [6.07, 6.45) is 0. The summed E-state index contributed by atoms with van der Waals surface area (Å²) in [5, 5.41) is 3.73.